The number of carboxylic acid groups (broad SMARTS) is 2. The second-order valence-corrected chi connectivity index (χ2v) is 4.14. The second kappa shape index (κ2) is 6.53. The molecule has 19 heavy (non-hydrogen) atoms. The number of hydrogen-bond donors (Lipinski definition) is 2. The first-order chi connectivity index (χ1) is 8.90. The van der Waals surface area contributed by atoms with Gasteiger partial charge in [0.15, 0.2) is 0 Å². The zero-order valence-electron chi connectivity index (χ0n) is 10.5. The van der Waals surface area contributed by atoms with Crippen molar-refractivity contribution in [2.45, 2.75) is 13.3 Å². The van der Waals surface area contributed by atoms with Crippen LogP contribution < -0.4 is 0 Å². The van der Waals surface area contributed by atoms with Crippen molar-refractivity contribution in [1.29, 1.82) is 0 Å². The Bertz CT molecular complexity index is 482. The molecule has 1 amide bonds. The third-order valence-corrected chi connectivity index (χ3v) is 2.61. The molecule has 0 unspecified atom stereocenters. The van der Waals surface area contributed by atoms with E-state index in [4.69, 9.17) is 10.2 Å². The van der Waals surface area contributed by atoms with E-state index in [2.05, 4.69) is 0 Å². The van der Waals surface area contributed by atoms with E-state index < -0.39 is 30.9 Å². The minimum Gasteiger partial charge on any atom is -0.480 e. The fourth-order valence-corrected chi connectivity index (χ4v) is 1.64. The third-order valence-electron chi connectivity index (χ3n) is 2.61. The van der Waals surface area contributed by atoms with E-state index in [-0.39, 0.29) is 6.42 Å². The summed E-state index contributed by atoms with van der Waals surface area (Å²) < 4.78 is 0. The molecule has 0 saturated carbocycles. The van der Waals surface area contributed by atoms with Gasteiger partial charge in [-0.2, -0.15) is 0 Å². The standard InChI is InChI=1S/C13H15NO5/c1-9-4-2-3-5-10(9)6-11(15)14(7-12(16)17)8-13(18)19/h2-5H,6-8H2,1H3,(H,16,17)(H,18,19). The zero-order chi connectivity index (χ0) is 14.4. The number of aryl methyl sites for hydroxylation is 1. The van der Waals surface area contributed by atoms with Crippen LogP contribution in [0.5, 0.6) is 0 Å². The molecule has 0 bridgehead atoms. The lowest BCUT2D eigenvalue weighted by Gasteiger charge is -2.18. The van der Waals surface area contributed by atoms with E-state index in [1.807, 2.05) is 19.1 Å². The van der Waals surface area contributed by atoms with Gasteiger partial charge in [0.2, 0.25) is 5.91 Å². The van der Waals surface area contributed by atoms with Crippen molar-refractivity contribution in [1.82, 2.24) is 4.90 Å². The maximum absolute atomic E-state index is 11.9. The Morgan fingerprint density at radius 3 is 2.05 bits per heavy atom. The number of rotatable bonds is 6. The van der Waals surface area contributed by atoms with E-state index >= 15 is 0 Å². The Morgan fingerprint density at radius 2 is 1.58 bits per heavy atom. The van der Waals surface area contributed by atoms with Gasteiger partial charge in [-0.25, -0.2) is 0 Å². The first-order valence-electron chi connectivity index (χ1n) is 5.66. The molecule has 2 N–H and O–H groups in total. The van der Waals surface area contributed by atoms with Crippen LogP contribution in [0.1, 0.15) is 11.1 Å². The lowest BCUT2D eigenvalue weighted by atomic mass is 10.1. The number of benzene rings is 1. The van der Waals surface area contributed by atoms with E-state index in [9.17, 15) is 14.4 Å². The van der Waals surface area contributed by atoms with Gasteiger partial charge in [0.05, 0.1) is 6.42 Å². The van der Waals surface area contributed by atoms with Crippen LogP contribution in [0.25, 0.3) is 0 Å². The zero-order valence-corrected chi connectivity index (χ0v) is 10.5. The van der Waals surface area contributed by atoms with E-state index in [1.165, 1.54) is 0 Å². The molecule has 6 heteroatoms. The molecule has 0 fully saturated rings. The van der Waals surface area contributed by atoms with Crippen LogP contribution in [-0.2, 0) is 20.8 Å². The van der Waals surface area contributed by atoms with Crippen LogP contribution >= 0.6 is 0 Å². The summed E-state index contributed by atoms with van der Waals surface area (Å²) in [5, 5.41) is 17.4. The number of amides is 1. The van der Waals surface area contributed by atoms with Gasteiger partial charge in [0, 0.05) is 0 Å². The molecule has 0 aliphatic heterocycles. The molecule has 0 aliphatic carbocycles. The van der Waals surface area contributed by atoms with Crippen molar-refractivity contribution >= 4 is 17.8 Å². The topological polar surface area (TPSA) is 94.9 Å². The first-order valence-corrected chi connectivity index (χ1v) is 5.66. The smallest absolute Gasteiger partial charge is 0.323 e. The van der Waals surface area contributed by atoms with Gasteiger partial charge in [0.1, 0.15) is 13.1 Å². The number of carbonyl (C=O) groups excluding carboxylic acids is 1. The molecule has 0 heterocycles. The SMILES string of the molecule is Cc1ccccc1CC(=O)N(CC(=O)O)CC(=O)O. The van der Waals surface area contributed by atoms with E-state index in [1.54, 1.807) is 12.1 Å². The first kappa shape index (κ1) is 14.7. The van der Waals surface area contributed by atoms with Crippen molar-refractivity contribution in [3.05, 3.63) is 35.4 Å². The minimum atomic E-state index is -1.24. The average Bonchev–Trinajstić information content (AvgIpc) is 2.30. The number of nitrogens with zero attached hydrogens (tertiary/aromatic N) is 1. The fraction of sp³-hybridized carbons (Fsp3) is 0.308. The molecule has 0 atom stereocenters. The Morgan fingerprint density at radius 1 is 1.05 bits per heavy atom. The highest BCUT2D eigenvalue weighted by atomic mass is 16.4. The Balaban J connectivity index is 2.79. The van der Waals surface area contributed by atoms with Crippen molar-refractivity contribution in [2.24, 2.45) is 0 Å². The summed E-state index contributed by atoms with van der Waals surface area (Å²) in [5.74, 6) is -2.99. The van der Waals surface area contributed by atoms with Crippen molar-refractivity contribution in [3.63, 3.8) is 0 Å². The van der Waals surface area contributed by atoms with Gasteiger partial charge in [-0.1, -0.05) is 24.3 Å². The third kappa shape index (κ3) is 4.79. The lowest BCUT2D eigenvalue weighted by Crippen LogP contribution is -2.40. The lowest BCUT2D eigenvalue weighted by molar-refractivity contribution is -0.149. The second-order valence-electron chi connectivity index (χ2n) is 4.14. The number of carboxylic acids is 2. The summed E-state index contributed by atoms with van der Waals surface area (Å²) in [6, 6.07) is 7.19. The molecule has 1 rings (SSSR count). The summed E-state index contributed by atoms with van der Waals surface area (Å²) in [5.41, 5.74) is 1.66. The largest absolute Gasteiger partial charge is 0.480 e. The Hall–Kier alpha value is -2.37. The average molecular weight is 265 g/mol. The fourth-order valence-electron chi connectivity index (χ4n) is 1.64. The van der Waals surface area contributed by atoms with Gasteiger partial charge in [-0.3, -0.25) is 14.4 Å². The number of carbonyl (C=O) groups is 3. The molecule has 0 aromatic heterocycles. The van der Waals surface area contributed by atoms with E-state index in [0.29, 0.717) is 0 Å². The molecule has 0 aliphatic rings. The number of aliphatic carboxylic acids is 2. The van der Waals surface area contributed by atoms with Crippen LogP contribution in [0.2, 0.25) is 0 Å². The quantitative estimate of drug-likeness (QED) is 0.782. The van der Waals surface area contributed by atoms with Crippen LogP contribution in [0.3, 0.4) is 0 Å². The van der Waals surface area contributed by atoms with Gasteiger partial charge >= 0.3 is 11.9 Å². The Kier molecular flexibility index (Phi) is 5.05. The molecular weight excluding hydrogens is 250 g/mol. The molecule has 0 radical (unpaired) electrons. The maximum atomic E-state index is 11.9. The van der Waals surface area contributed by atoms with Crippen molar-refractivity contribution in [2.75, 3.05) is 13.1 Å². The highest BCUT2D eigenvalue weighted by Crippen LogP contribution is 2.09. The van der Waals surface area contributed by atoms with Crippen LogP contribution in [0, 0.1) is 6.92 Å². The monoisotopic (exact) mass is 265 g/mol. The molecule has 1 aromatic rings. The number of hydrogen-bond acceptors (Lipinski definition) is 3. The minimum absolute atomic E-state index is 0.00671. The van der Waals surface area contributed by atoms with Crippen LogP contribution in [0.4, 0.5) is 0 Å². The normalized spacial score (nSPS) is 9.95. The Labute approximate surface area is 110 Å². The van der Waals surface area contributed by atoms with Crippen LogP contribution in [0.15, 0.2) is 24.3 Å². The van der Waals surface area contributed by atoms with Crippen molar-refractivity contribution in [3.8, 4) is 0 Å². The van der Waals surface area contributed by atoms with Gasteiger partial charge in [0.25, 0.3) is 0 Å². The van der Waals surface area contributed by atoms with Gasteiger partial charge in [-0.05, 0) is 18.1 Å². The highest BCUT2D eigenvalue weighted by Gasteiger charge is 2.20. The van der Waals surface area contributed by atoms with E-state index in [0.717, 1.165) is 16.0 Å². The predicted molar refractivity (Wildman–Crippen MR) is 66.7 cm³/mol. The highest BCUT2D eigenvalue weighted by molar-refractivity contribution is 5.86. The molecule has 6 nitrogen and oxygen atoms in total. The predicted octanol–water partition coefficient (Wildman–Crippen LogP) is 0.535. The molecule has 102 valence electrons. The summed E-state index contributed by atoms with van der Waals surface area (Å²) in [4.78, 5) is 34.0. The van der Waals surface area contributed by atoms with Crippen molar-refractivity contribution < 1.29 is 24.6 Å². The molecule has 1 aromatic carbocycles. The molecule has 0 spiro atoms. The van der Waals surface area contributed by atoms with Gasteiger partial charge in [-0.15, -0.1) is 0 Å². The maximum Gasteiger partial charge on any atom is 0.323 e. The molecular formula is C13H15NO5. The summed E-state index contributed by atoms with van der Waals surface area (Å²) >= 11 is 0. The van der Waals surface area contributed by atoms with Gasteiger partial charge < -0.3 is 15.1 Å². The summed E-state index contributed by atoms with van der Waals surface area (Å²) in [6.07, 6.45) is -0.00671. The summed E-state index contributed by atoms with van der Waals surface area (Å²) in [6.45, 7) is 0.607. The van der Waals surface area contributed by atoms with Crippen LogP contribution in [-0.4, -0.2) is 46.0 Å². The molecule has 0 saturated heterocycles. The summed E-state index contributed by atoms with van der Waals surface area (Å²) in [7, 11) is 0.